The number of nitrogens with zero attached hydrogens (tertiary/aromatic N) is 1. The molecule has 4 rings (SSSR count). The summed E-state index contributed by atoms with van der Waals surface area (Å²) < 4.78 is 7.31. The Morgan fingerprint density at radius 1 is 1.29 bits per heavy atom. The number of aliphatic carboxylic acids is 1. The molecule has 2 aromatic heterocycles. The number of thiophene rings is 1. The number of carbonyl (C=O) groups is 3. The second-order valence-electron chi connectivity index (χ2n) is 8.31. The fourth-order valence-electron chi connectivity index (χ4n) is 3.35. The molecular weight excluding hydrogens is 540 g/mol. The molecule has 2 aromatic rings. The molecule has 2 N–H and O–H groups in total. The molecule has 2 amide bonds. The van der Waals surface area contributed by atoms with E-state index in [1.807, 2.05) is 0 Å². The van der Waals surface area contributed by atoms with Crippen molar-refractivity contribution in [3.63, 3.8) is 0 Å². The fraction of sp³-hybridized carbons (Fsp3) is 0.333. The minimum absolute atomic E-state index is 0.110. The van der Waals surface area contributed by atoms with Gasteiger partial charge >= 0.3 is 12.1 Å². The van der Waals surface area contributed by atoms with Crippen LogP contribution in [0, 0.1) is 0 Å². The van der Waals surface area contributed by atoms with Gasteiger partial charge in [0.1, 0.15) is 22.7 Å². The van der Waals surface area contributed by atoms with E-state index in [0.29, 0.717) is 21.0 Å². The number of carboxylic acids is 1. The third-order valence-electron chi connectivity index (χ3n) is 4.70. The first-order chi connectivity index (χ1) is 15.9. The van der Waals surface area contributed by atoms with Crippen molar-refractivity contribution in [2.75, 3.05) is 5.75 Å². The first-order valence-corrected chi connectivity index (χ1v) is 13.9. The van der Waals surface area contributed by atoms with Crippen LogP contribution in [0.3, 0.4) is 0 Å². The van der Waals surface area contributed by atoms with Crippen molar-refractivity contribution in [1.29, 1.82) is 0 Å². The maximum absolute atomic E-state index is 12.7. The van der Waals surface area contributed by atoms with Gasteiger partial charge in [-0.3, -0.25) is 14.5 Å². The summed E-state index contributed by atoms with van der Waals surface area (Å²) in [6.07, 6.45) is 0.916. The van der Waals surface area contributed by atoms with Gasteiger partial charge in [0.2, 0.25) is 0 Å². The molecular formula is C21H19ClN2O6S4. The highest BCUT2D eigenvalue weighted by Crippen LogP contribution is 2.41. The maximum Gasteiger partial charge on any atom is 0.408 e. The molecule has 1 saturated heterocycles. The average molecular weight is 559 g/mol. The number of halogens is 1. The maximum atomic E-state index is 12.7. The Balaban J connectivity index is 1.49. The molecule has 2 atom stereocenters. The SMILES string of the molecule is CC(C)(C)OC(=O)NC1C(=O)N2C(C(=O)O)=C(/C=C/Sc3cc(=O)c4cc(Cl)sc4s3)CSC12. The van der Waals surface area contributed by atoms with Crippen LogP contribution in [0.15, 0.2) is 43.9 Å². The highest BCUT2D eigenvalue weighted by atomic mass is 35.5. The largest absolute Gasteiger partial charge is 0.477 e. The van der Waals surface area contributed by atoms with Crippen molar-refractivity contribution < 1.29 is 24.2 Å². The second kappa shape index (κ2) is 9.57. The van der Waals surface area contributed by atoms with Crippen molar-refractivity contribution >= 4 is 85.2 Å². The van der Waals surface area contributed by atoms with Gasteiger partial charge in [-0.05, 0) is 43.9 Å². The number of β-lactam (4-membered cyclic amide) rings is 1. The minimum Gasteiger partial charge on any atom is -0.477 e. The van der Waals surface area contributed by atoms with Gasteiger partial charge in [0.05, 0.1) is 17.9 Å². The van der Waals surface area contributed by atoms with E-state index in [-0.39, 0.29) is 11.1 Å². The molecule has 0 aliphatic carbocycles. The van der Waals surface area contributed by atoms with E-state index in [4.69, 9.17) is 16.3 Å². The van der Waals surface area contributed by atoms with Crippen LogP contribution in [-0.2, 0) is 14.3 Å². The Labute approximate surface area is 216 Å². The van der Waals surface area contributed by atoms with Gasteiger partial charge in [-0.1, -0.05) is 23.4 Å². The van der Waals surface area contributed by atoms with E-state index in [1.54, 1.807) is 38.3 Å². The van der Waals surface area contributed by atoms with Crippen molar-refractivity contribution in [3.05, 3.63) is 49.4 Å². The van der Waals surface area contributed by atoms with Gasteiger partial charge in [0.25, 0.3) is 5.91 Å². The van der Waals surface area contributed by atoms with Crippen LogP contribution in [0.4, 0.5) is 4.79 Å². The lowest BCUT2D eigenvalue weighted by Gasteiger charge is -2.49. The van der Waals surface area contributed by atoms with Gasteiger partial charge < -0.3 is 15.2 Å². The van der Waals surface area contributed by atoms with Crippen LogP contribution in [0.25, 0.3) is 9.40 Å². The minimum atomic E-state index is -1.22. The molecule has 2 aliphatic rings. The fourth-order valence-corrected chi connectivity index (χ4v) is 8.40. The normalized spacial score (nSPS) is 20.5. The summed E-state index contributed by atoms with van der Waals surface area (Å²) in [6.45, 7) is 5.14. The number of fused-ring (bicyclic) bond motifs is 2. The Kier molecular flexibility index (Phi) is 7.07. The van der Waals surface area contributed by atoms with Gasteiger partial charge in [0.15, 0.2) is 5.43 Å². The number of rotatable bonds is 5. The van der Waals surface area contributed by atoms with E-state index in [1.165, 1.54) is 57.2 Å². The number of carboxylic acid groups (broad SMARTS) is 1. The topological polar surface area (TPSA) is 113 Å². The molecule has 8 nitrogen and oxygen atoms in total. The summed E-state index contributed by atoms with van der Waals surface area (Å²) in [7, 11) is 0. The predicted molar refractivity (Wildman–Crippen MR) is 137 cm³/mol. The van der Waals surface area contributed by atoms with Crippen LogP contribution in [0.1, 0.15) is 20.8 Å². The van der Waals surface area contributed by atoms with E-state index in [9.17, 15) is 24.3 Å². The molecule has 0 radical (unpaired) electrons. The Hall–Kier alpha value is -1.99. The number of hydrogen-bond donors (Lipinski definition) is 2. The highest BCUT2D eigenvalue weighted by molar-refractivity contribution is 8.04. The van der Waals surface area contributed by atoms with Crippen molar-refractivity contribution in [1.82, 2.24) is 10.2 Å². The van der Waals surface area contributed by atoms with Crippen LogP contribution >= 0.6 is 57.8 Å². The number of thioether (sulfide) groups is 2. The molecule has 0 spiro atoms. The van der Waals surface area contributed by atoms with Gasteiger partial charge in [-0.25, -0.2) is 9.59 Å². The number of nitrogens with one attached hydrogen (secondary N) is 1. The van der Waals surface area contributed by atoms with Crippen molar-refractivity contribution in [2.45, 2.75) is 42.0 Å². The Bertz CT molecular complexity index is 1310. The molecule has 13 heteroatoms. The zero-order valence-corrected chi connectivity index (χ0v) is 22.1. The second-order valence-corrected chi connectivity index (χ2v) is 13.6. The average Bonchev–Trinajstić information content (AvgIpc) is 3.11. The predicted octanol–water partition coefficient (Wildman–Crippen LogP) is 4.73. The molecule has 0 aromatic carbocycles. The lowest BCUT2D eigenvalue weighted by Crippen LogP contribution is -2.70. The highest BCUT2D eigenvalue weighted by Gasteiger charge is 2.54. The van der Waals surface area contributed by atoms with E-state index in [0.717, 1.165) is 8.22 Å². The number of carbonyl (C=O) groups excluding carboxylic acids is 2. The summed E-state index contributed by atoms with van der Waals surface area (Å²) in [5.41, 5.74) is -0.477. The standard InChI is InChI=1S/C21H19ClN2O6S4/c1-21(2,3)30-20(29)23-14-16(26)24-15(18(27)28)9(8-32-17(14)24)4-5-31-13-7-11(25)10-6-12(22)33-19(10)34-13/h4-7,14,17H,8H2,1-3H3,(H,23,29)(H,27,28)/b5-4+. The van der Waals surface area contributed by atoms with E-state index < -0.39 is 35.0 Å². The lowest BCUT2D eigenvalue weighted by molar-refractivity contribution is -0.149. The molecule has 0 bridgehead atoms. The monoisotopic (exact) mass is 558 g/mol. The lowest BCUT2D eigenvalue weighted by atomic mass is 10.0. The summed E-state index contributed by atoms with van der Waals surface area (Å²) in [5.74, 6) is -1.38. The third kappa shape index (κ3) is 5.15. The molecule has 4 heterocycles. The van der Waals surface area contributed by atoms with Crippen molar-refractivity contribution in [3.8, 4) is 0 Å². The van der Waals surface area contributed by atoms with Gasteiger partial charge in [-0.2, -0.15) is 0 Å². The van der Waals surface area contributed by atoms with Crippen LogP contribution in [-0.4, -0.2) is 50.7 Å². The smallest absolute Gasteiger partial charge is 0.408 e. The number of allylic oxidation sites excluding steroid dienone is 1. The summed E-state index contributed by atoms with van der Waals surface area (Å²) >= 11 is 11.4. The Morgan fingerprint density at radius 2 is 2.03 bits per heavy atom. The van der Waals surface area contributed by atoms with Crippen LogP contribution in [0.2, 0.25) is 4.34 Å². The number of hydrogen-bond acceptors (Lipinski definition) is 9. The molecule has 1 fully saturated rings. The first-order valence-electron chi connectivity index (χ1n) is 9.91. The molecule has 0 saturated carbocycles. The zero-order chi connectivity index (χ0) is 24.8. The van der Waals surface area contributed by atoms with Crippen LogP contribution < -0.4 is 10.7 Å². The number of ether oxygens (including phenoxy) is 1. The molecule has 34 heavy (non-hydrogen) atoms. The van der Waals surface area contributed by atoms with E-state index >= 15 is 0 Å². The third-order valence-corrected chi connectivity index (χ3v) is 9.45. The van der Waals surface area contributed by atoms with Gasteiger partial charge in [0, 0.05) is 11.8 Å². The first kappa shape index (κ1) is 25.1. The zero-order valence-electron chi connectivity index (χ0n) is 18.1. The Morgan fingerprint density at radius 3 is 2.71 bits per heavy atom. The van der Waals surface area contributed by atoms with Crippen LogP contribution in [0.5, 0.6) is 0 Å². The quantitative estimate of drug-likeness (QED) is 0.400. The van der Waals surface area contributed by atoms with Gasteiger partial charge in [-0.15, -0.1) is 34.4 Å². The number of amides is 2. The summed E-state index contributed by atoms with van der Waals surface area (Å²) in [5, 5.41) is 14.1. The number of alkyl carbamates (subject to hydrolysis) is 1. The van der Waals surface area contributed by atoms with E-state index in [2.05, 4.69) is 5.32 Å². The van der Waals surface area contributed by atoms with Crippen molar-refractivity contribution in [2.24, 2.45) is 0 Å². The molecule has 2 unspecified atom stereocenters. The summed E-state index contributed by atoms with van der Waals surface area (Å²) in [6, 6.07) is 2.32. The molecule has 2 aliphatic heterocycles. The molecule has 180 valence electrons. The summed E-state index contributed by atoms with van der Waals surface area (Å²) in [4.78, 5) is 50.2.